The maximum Gasteiger partial charge on any atom is 0.322 e. The number of aliphatic carboxylic acids is 1. The molecule has 2 N–H and O–H groups in total. The quantitative estimate of drug-likeness (QED) is 0.825. The summed E-state index contributed by atoms with van der Waals surface area (Å²) in [7, 11) is 0. The topological polar surface area (TPSA) is 66.4 Å². The van der Waals surface area contributed by atoms with E-state index in [1.54, 1.807) is 18.2 Å². The highest BCUT2D eigenvalue weighted by atomic mass is 127. The normalized spacial score (nSPS) is 9.73. The molecule has 0 aliphatic rings. The molecule has 80 valence electrons. The fourth-order valence-electron chi connectivity index (χ4n) is 0.923. The number of carboxylic acids is 1. The zero-order valence-corrected chi connectivity index (χ0v) is 10.4. The molecule has 0 aromatic heterocycles. The Hall–Kier alpha value is -0.820. The zero-order chi connectivity index (χ0) is 11.4. The predicted octanol–water partition coefficient (Wildman–Crippen LogP) is 1.76. The monoisotopic (exact) mass is 339 g/mol. The van der Waals surface area contributed by atoms with Crippen molar-refractivity contribution in [2.24, 2.45) is 0 Å². The van der Waals surface area contributed by atoms with Crippen LogP contribution >= 0.6 is 34.2 Å². The van der Waals surface area contributed by atoms with E-state index in [0.717, 1.165) is 3.57 Å². The second-order valence-corrected chi connectivity index (χ2v) is 4.35. The number of halogens is 2. The summed E-state index contributed by atoms with van der Waals surface area (Å²) >= 11 is 7.84. The van der Waals surface area contributed by atoms with Gasteiger partial charge >= 0.3 is 5.97 Å². The molecular formula is C9H7ClINO3. The van der Waals surface area contributed by atoms with Crippen molar-refractivity contribution in [2.45, 2.75) is 0 Å². The van der Waals surface area contributed by atoms with E-state index in [-0.39, 0.29) is 5.56 Å². The van der Waals surface area contributed by atoms with E-state index in [0.29, 0.717) is 5.02 Å². The lowest BCUT2D eigenvalue weighted by molar-refractivity contribution is -0.135. The number of carboxylic acid groups (broad SMARTS) is 1. The van der Waals surface area contributed by atoms with Crippen molar-refractivity contribution in [2.75, 3.05) is 6.54 Å². The number of nitrogens with one attached hydrogen (secondary N) is 1. The molecular weight excluding hydrogens is 332 g/mol. The number of amides is 1. The van der Waals surface area contributed by atoms with Crippen molar-refractivity contribution in [3.05, 3.63) is 32.4 Å². The first-order chi connectivity index (χ1) is 7.00. The van der Waals surface area contributed by atoms with Crippen LogP contribution in [0, 0.1) is 3.57 Å². The van der Waals surface area contributed by atoms with Crippen LogP contribution in [0.1, 0.15) is 10.4 Å². The third-order valence-corrected chi connectivity index (χ3v) is 2.57. The highest BCUT2D eigenvalue weighted by molar-refractivity contribution is 14.1. The largest absolute Gasteiger partial charge is 0.480 e. The van der Waals surface area contributed by atoms with Gasteiger partial charge in [0.2, 0.25) is 0 Å². The fourth-order valence-corrected chi connectivity index (χ4v) is 1.62. The van der Waals surface area contributed by atoms with Gasteiger partial charge in [0, 0.05) is 3.57 Å². The van der Waals surface area contributed by atoms with Crippen molar-refractivity contribution in [3.63, 3.8) is 0 Å². The molecule has 4 nitrogen and oxygen atoms in total. The Morgan fingerprint density at radius 1 is 1.47 bits per heavy atom. The van der Waals surface area contributed by atoms with Crippen LogP contribution in [-0.2, 0) is 4.79 Å². The first-order valence-corrected chi connectivity index (χ1v) is 5.41. The maximum atomic E-state index is 11.5. The van der Waals surface area contributed by atoms with Crippen LogP contribution < -0.4 is 5.32 Å². The molecule has 0 spiro atoms. The van der Waals surface area contributed by atoms with E-state index in [2.05, 4.69) is 5.32 Å². The van der Waals surface area contributed by atoms with Gasteiger partial charge in [-0.25, -0.2) is 0 Å². The van der Waals surface area contributed by atoms with Crippen LogP contribution in [0.25, 0.3) is 0 Å². The van der Waals surface area contributed by atoms with Gasteiger partial charge in [-0.05, 0) is 40.8 Å². The Morgan fingerprint density at radius 2 is 2.13 bits per heavy atom. The molecule has 0 saturated carbocycles. The molecule has 0 bridgehead atoms. The molecule has 1 amide bonds. The van der Waals surface area contributed by atoms with E-state index in [1.807, 2.05) is 22.6 Å². The second kappa shape index (κ2) is 5.32. The summed E-state index contributed by atoms with van der Waals surface area (Å²) in [6.45, 7) is -0.416. The minimum Gasteiger partial charge on any atom is -0.480 e. The lowest BCUT2D eigenvalue weighted by Crippen LogP contribution is -2.29. The summed E-state index contributed by atoms with van der Waals surface area (Å²) in [6, 6.07) is 4.95. The molecule has 15 heavy (non-hydrogen) atoms. The molecule has 0 heterocycles. The summed E-state index contributed by atoms with van der Waals surface area (Å²) < 4.78 is 0.859. The number of carbonyl (C=O) groups is 2. The van der Waals surface area contributed by atoms with E-state index >= 15 is 0 Å². The summed E-state index contributed by atoms with van der Waals surface area (Å²) in [5.41, 5.74) is 0.282. The highest BCUT2D eigenvalue weighted by Gasteiger charge is 2.11. The van der Waals surface area contributed by atoms with Gasteiger partial charge in [0.15, 0.2) is 0 Å². The maximum absolute atomic E-state index is 11.5. The molecule has 0 aliphatic carbocycles. The van der Waals surface area contributed by atoms with Crippen molar-refractivity contribution >= 4 is 46.1 Å². The fraction of sp³-hybridized carbons (Fsp3) is 0.111. The summed E-state index contributed by atoms with van der Waals surface area (Å²) in [6.07, 6.45) is 0. The molecule has 0 aliphatic heterocycles. The Kier molecular flexibility index (Phi) is 4.34. The molecule has 1 aromatic rings. The SMILES string of the molecule is O=C(O)CNC(=O)c1cc(I)ccc1Cl. The molecule has 1 rings (SSSR count). The summed E-state index contributed by atoms with van der Waals surface area (Å²) in [5, 5.41) is 10.9. The van der Waals surface area contributed by atoms with Crippen LogP contribution in [0.3, 0.4) is 0 Å². The van der Waals surface area contributed by atoms with E-state index in [9.17, 15) is 9.59 Å². The molecule has 6 heteroatoms. The van der Waals surface area contributed by atoms with Crippen LogP contribution in [0.15, 0.2) is 18.2 Å². The average Bonchev–Trinajstić information content (AvgIpc) is 2.18. The molecule has 0 radical (unpaired) electrons. The van der Waals surface area contributed by atoms with Gasteiger partial charge in [0.25, 0.3) is 5.91 Å². The van der Waals surface area contributed by atoms with Crippen LogP contribution in [-0.4, -0.2) is 23.5 Å². The van der Waals surface area contributed by atoms with Gasteiger partial charge in [-0.3, -0.25) is 9.59 Å². The van der Waals surface area contributed by atoms with Crippen molar-refractivity contribution < 1.29 is 14.7 Å². The highest BCUT2D eigenvalue weighted by Crippen LogP contribution is 2.18. The van der Waals surface area contributed by atoms with E-state index in [4.69, 9.17) is 16.7 Å². The van der Waals surface area contributed by atoms with Gasteiger partial charge in [0.1, 0.15) is 6.54 Å². The second-order valence-electron chi connectivity index (χ2n) is 2.70. The number of hydrogen-bond donors (Lipinski definition) is 2. The first kappa shape index (κ1) is 12.3. The minimum absolute atomic E-state index is 0.282. The number of carbonyl (C=O) groups excluding carboxylic acids is 1. The van der Waals surface area contributed by atoms with Crippen molar-refractivity contribution in [1.82, 2.24) is 5.32 Å². The number of hydrogen-bond acceptors (Lipinski definition) is 2. The van der Waals surface area contributed by atoms with Gasteiger partial charge in [-0.2, -0.15) is 0 Å². The van der Waals surface area contributed by atoms with Crippen LogP contribution in [0.2, 0.25) is 5.02 Å². The summed E-state index contributed by atoms with van der Waals surface area (Å²) in [5.74, 6) is -1.58. The standard InChI is InChI=1S/C9H7ClINO3/c10-7-2-1-5(11)3-6(7)9(15)12-4-8(13)14/h1-3H,4H2,(H,12,15)(H,13,14). The van der Waals surface area contributed by atoms with Gasteiger partial charge in [-0.15, -0.1) is 0 Å². The number of benzene rings is 1. The van der Waals surface area contributed by atoms with E-state index < -0.39 is 18.4 Å². The Morgan fingerprint density at radius 3 is 2.73 bits per heavy atom. The van der Waals surface area contributed by atoms with Crippen molar-refractivity contribution in [1.29, 1.82) is 0 Å². The van der Waals surface area contributed by atoms with Gasteiger partial charge < -0.3 is 10.4 Å². The van der Waals surface area contributed by atoms with Crippen molar-refractivity contribution in [3.8, 4) is 0 Å². The number of rotatable bonds is 3. The van der Waals surface area contributed by atoms with Crippen LogP contribution in [0.4, 0.5) is 0 Å². The third kappa shape index (κ3) is 3.67. The average molecular weight is 340 g/mol. The molecule has 0 fully saturated rings. The first-order valence-electron chi connectivity index (χ1n) is 3.95. The van der Waals surface area contributed by atoms with Crippen LogP contribution in [0.5, 0.6) is 0 Å². The lowest BCUT2D eigenvalue weighted by atomic mass is 10.2. The lowest BCUT2D eigenvalue weighted by Gasteiger charge is -2.04. The molecule has 0 atom stereocenters. The molecule has 0 unspecified atom stereocenters. The summed E-state index contributed by atoms with van der Waals surface area (Å²) in [4.78, 5) is 21.7. The molecule has 1 aromatic carbocycles. The minimum atomic E-state index is -1.09. The zero-order valence-electron chi connectivity index (χ0n) is 7.46. The Labute approximate surface area is 105 Å². The predicted molar refractivity (Wildman–Crippen MR) is 64.1 cm³/mol. The van der Waals surface area contributed by atoms with Gasteiger partial charge in [0.05, 0.1) is 10.6 Å². The Balaban J connectivity index is 2.81. The molecule has 0 saturated heterocycles. The van der Waals surface area contributed by atoms with Gasteiger partial charge in [-0.1, -0.05) is 11.6 Å². The van der Waals surface area contributed by atoms with E-state index in [1.165, 1.54) is 0 Å². The third-order valence-electron chi connectivity index (χ3n) is 1.57. The Bertz CT molecular complexity index is 408. The smallest absolute Gasteiger partial charge is 0.322 e.